The number of benzene rings is 1. The van der Waals surface area contributed by atoms with E-state index in [9.17, 15) is 4.79 Å². The standard InChI is InChI=1S/C17H18N2OS/c1-13-2-4-14(5-3-13)6-7-15-8-10-19(17(20)12-15)11-9-16(18)21/h2-8,10,12H,9,11H2,1H3,(H2,18,21)/b7-6+. The van der Waals surface area contributed by atoms with Gasteiger partial charge in [-0.2, -0.15) is 0 Å². The Morgan fingerprint density at radius 2 is 1.86 bits per heavy atom. The fourth-order valence-electron chi connectivity index (χ4n) is 1.91. The van der Waals surface area contributed by atoms with E-state index in [1.54, 1.807) is 16.8 Å². The number of nitrogens with zero attached hydrogens (tertiary/aromatic N) is 1. The van der Waals surface area contributed by atoms with Crippen LogP contribution in [0.3, 0.4) is 0 Å². The van der Waals surface area contributed by atoms with E-state index in [0.29, 0.717) is 18.0 Å². The van der Waals surface area contributed by atoms with Crippen molar-refractivity contribution in [3.8, 4) is 0 Å². The topological polar surface area (TPSA) is 48.0 Å². The summed E-state index contributed by atoms with van der Waals surface area (Å²) < 4.78 is 1.61. The van der Waals surface area contributed by atoms with Crippen LogP contribution in [0, 0.1) is 6.92 Å². The first-order chi connectivity index (χ1) is 10.0. The molecule has 2 N–H and O–H groups in total. The van der Waals surface area contributed by atoms with Gasteiger partial charge in [-0.05, 0) is 24.1 Å². The predicted molar refractivity (Wildman–Crippen MR) is 92.2 cm³/mol. The molecule has 0 spiro atoms. The molecule has 0 aliphatic carbocycles. The lowest BCUT2D eigenvalue weighted by molar-refractivity contribution is 0.695. The Morgan fingerprint density at radius 3 is 2.48 bits per heavy atom. The molecule has 0 saturated carbocycles. The van der Waals surface area contributed by atoms with Gasteiger partial charge in [0.2, 0.25) is 0 Å². The molecule has 1 heterocycles. The number of pyridine rings is 1. The average molecular weight is 298 g/mol. The summed E-state index contributed by atoms with van der Waals surface area (Å²) in [4.78, 5) is 12.4. The highest BCUT2D eigenvalue weighted by Gasteiger charge is 1.98. The minimum absolute atomic E-state index is 0.0442. The van der Waals surface area contributed by atoms with Gasteiger partial charge in [-0.3, -0.25) is 4.79 Å². The van der Waals surface area contributed by atoms with Gasteiger partial charge in [0.15, 0.2) is 0 Å². The van der Waals surface area contributed by atoms with E-state index in [2.05, 4.69) is 31.2 Å². The number of hydrogen-bond acceptors (Lipinski definition) is 2. The van der Waals surface area contributed by atoms with Crippen LogP contribution in [0.4, 0.5) is 0 Å². The second-order valence-corrected chi connectivity index (χ2v) is 5.48. The largest absolute Gasteiger partial charge is 0.393 e. The Morgan fingerprint density at radius 1 is 1.19 bits per heavy atom. The Bertz CT molecular complexity index is 714. The van der Waals surface area contributed by atoms with E-state index < -0.39 is 0 Å². The van der Waals surface area contributed by atoms with Crippen LogP contribution in [0.2, 0.25) is 0 Å². The Hall–Kier alpha value is -2.20. The molecule has 0 unspecified atom stereocenters. The molecule has 1 aromatic heterocycles. The van der Waals surface area contributed by atoms with Crippen LogP contribution in [-0.4, -0.2) is 9.56 Å². The van der Waals surface area contributed by atoms with E-state index in [4.69, 9.17) is 18.0 Å². The molecular formula is C17H18N2OS. The number of aromatic nitrogens is 1. The Labute approximate surface area is 129 Å². The SMILES string of the molecule is Cc1ccc(/C=C/c2ccn(CCC(N)=S)c(=O)c2)cc1. The van der Waals surface area contributed by atoms with Gasteiger partial charge in [0.25, 0.3) is 5.56 Å². The Balaban J connectivity index is 2.11. The fraction of sp³-hybridized carbons (Fsp3) is 0.176. The van der Waals surface area contributed by atoms with Gasteiger partial charge in [-0.1, -0.05) is 54.2 Å². The molecule has 108 valence electrons. The molecule has 4 heteroatoms. The van der Waals surface area contributed by atoms with Crippen LogP contribution in [0.25, 0.3) is 12.2 Å². The number of aryl methyl sites for hydroxylation is 2. The summed E-state index contributed by atoms with van der Waals surface area (Å²) in [7, 11) is 0. The van der Waals surface area contributed by atoms with Gasteiger partial charge < -0.3 is 10.3 Å². The quantitative estimate of drug-likeness (QED) is 0.863. The molecule has 0 radical (unpaired) electrons. The van der Waals surface area contributed by atoms with Gasteiger partial charge in [-0.15, -0.1) is 0 Å². The highest BCUT2D eigenvalue weighted by molar-refractivity contribution is 7.80. The van der Waals surface area contributed by atoms with Crippen molar-refractivity contribution in [2.75, 3.05) is 0 Å². The van der Waals surface area contributed by atoms with Crippen LogP contribution < -0.4 is 11.3 Å². The third-order valence-electron chi connectivity index (χ3n) is 3.16. The van der Waals surface area contributed by atoms with Crippen molar-refractivity contribution in [1.29, 1.82) is 0 Å². The van der Waals surface area contributed by atoms with Gasteiger partial charge in [0.1, 0.15) is 0 Å². The summed E-state index contributed by atoms with van der Waals surface area (Å²) in [6, 6.07) is 11.8. The average Bonchev–Trinajstić information content (AvgIpc) is 2.45. The van der Waals surface area contributed by atoms with Crippen molar-refractivity contribution >= 4 is 29.4 Å². The van der Waals surface area contributed by atoms with Crippen LogP contribution in [-0.2, 0) is 6.54 Å². The number of thiocarbonyl (C=S) groups is 1. The van der Waals surface area contributed by atoms with Crippen molar-refractivity contribution in [2.45, 2.75) is 19.9 Å². The summed E-state index contributed by atoms with van der Waals surface area (Å²) >= 11 is 4.82. The van der Waals surface area contributed by atoms with Crippen LogP contribution in [0.1, 0.15) is 23.1 Å². The molecule has 0 aliphatic rings. The predicted octanol–water partition coefficient (Wildman–Crippen LogP) is 3.00. The maximum Gasteiger partial charge on any atom is 0.251 e. The van der Waals surface area contributed by atoms with Crippen molar-refractivity contribution in [1.82, 2.24) is 4.57 Å². The molecule has 0 bridgehead atoms. The van der Waals surface area contributed by atoms with E-state index in [0.717, 1.165) is 11.1 Å². The van der Waals surface area contributed by atoms with Crippen LogP contribution in [0.5, 0.6) is 0 Å². The highest BCUT2D eigenvalue weighted by atomic mass is 32.1. The van der Waals surface area contributed by atoms with Crippen LogP contribution >= 0.6 is 12.2 Å². The molecule has 0 fully saturated rings. The normalized spacial score (nSPS) is 10.9. The van der Waals surface area contributed by atoms with E-state index in [1.807, 2.05) is 18.2 Å². The molecule has 0 amide bonds. The molecule has 2 rings (SSSR count). The lowest BCUT2D eigenvalue weighted by Gasteiger charge is -2.04. The van der Waals surface area contributed by atoms with Gasteiger partial charge >= 0.3 is 0 Å². The van der Waals surface area contributed by atoms with Crippen molar-refractivity contribution in [3.63, 3.8) is 0 Å². The molecule has 3 nitrogen and oxygen atoms in total. The molecule has 0 atom stereocenters. The third-order valence-corrected chi connectivity index (χ3v) is 3.37. The molecular weight excluding hydrogens is 280 g/mol. The second-order valence-electron chi connectivity index (χ2n) is 4.95. The van der Waals surface area contributed by atoms with Gasteiger partial charge in [-0.25, -0.2) is 0 Å². The van der Waals surface area contributed by atoms with Crippen molar-refractivity contribution in [3.05, 3.63) is 69.6 Å². The maximum atomic E-state index is 12.0. The van der Waals surface area contributed by atoms with Crippen molar-refractivity contribution < 1.29 is 0 Å². The zero-order valence-electron chi connectivity index (χ0n) is 12.0. The monoisotopic (exact) mass is 298 g/mol. The number of nitrogens with two attached hydrogens (primary N) is 1. The minimum Gasteiger partial charge on any atom is -0.393 e. The lowest BCUT2D eigenvalue weighted by Crippen LogP contribution is -2.21. The zero-order valence-corrected chi connectivity index (χ0v) is 12.8. The van der Waals surface area contributed by atoms with Gasteiger partial charge in [0, 0.05) is 25.2 Å². The molecule has 1 aromatic carbocycles. The van der Waals surface area contributed by atoms with Gasteiger partial charge in [0.05, 0.1) is 4.99 Å². The molecule has 0 saturated heterocycles. The lowest BCUT2D eigenvalue weighted by atomic mass is 10.1. The first kappa shape index (κ1) is 15.2. The summed E-state index contributed by atoms with van der Waals surface area (Å²) in [5.74, 6) is 0. The third kappa shape index (κ3) is 4.68. The van der Waals surface area contributed by atoms with E-state index in [-0.39, 0.29) is 5.56 Å². The zero-order chi connectivity index (χ0) is 15.2. The first-order valence-electron chi connectivity index (χ1n) is 6.78. The highest BCUT2D eigenvalue weighted by Crippen LogP contribution is 2.08. The first-order valence-corrected chi connectivity index (χ1v) is 7.19. The van der Waals surface area contributed by atoms with Crippen molar-refractivity contribution in [2.24, 2.45) is 5.73 Å². The number of rotatable bonds is 5. The minimum atomic E-state index is -0.0442. The Kier molecular flexibility index (Phi) is 5.06. The summed E-state index contributed by atoms with van der Waals surface area (Å²) in [5.41, 5.74) is 8.62. The molecule has 2 aromatic rings. The fourth-order valence-corrected chi connectivity index (χ4v) is 2.00. The molecule has 0 aliphatic heterocycles. The summed E-state index contributed by atoms with van der Waals surface area (Å²) in [6.45, 7) is 2.58. The maximum absolute atomic E-state index is 12.0. The molecule has 21 heavy (non-hydrogen) atoms. The van der Waals surface area contributed by atoms with E-state index >= 15 is 0 Å². The number of hydrogen-bond donors (Lipinski definition) is 1. The van der Waals surface area contributed by atoms with E-state index in [1.165, 1.54) is 5.56 Å². The smallest absolute Gasteiger partial charge is 0.251 e. The second kappa shape index (κ2) is 6.99. The summed E-state index contributed by atoms with van der Waals surface area (Å²) in [6.07, 6.45) is 6.24. The van der Waals surface area contributed by atoms with Crippen LogP contribution in [0.15, 0.2) is 47.4 Å². The summed E-state index contributed by atoms with van der Waals surface area (Å²) in [5, 5.41) is 0.